The van der Waals surface area contributed by atoms with E-state index < -0.39 is 0 Å². The second kappa shape index (κ2) is 8.67. The van der Waals surface area contributed by atoms with Gasteiger partial charge in [0, 0.05) is 55.7 Å². The lowest BCUT2D eigenvalue weighted by atomic mass is 10.1. The molecule has 3 atom stereocenters. The number of hydrogen-bond acceptors (Lipinski definition) is 2. The van der Waals surface area contributed by atoms with E-state index in [1.807, 2.05) is 7.05 Å². The van der Waals surface area contributed by atoms with Gasteiger partial charge in [-0.3, -0.25) is 4.99 Å². The molecule has 0 spiro atoms. The van der Waals surface area contributed by atoms with Gasteiger partial charge in [0.2, 0.25) is 0 Å². The number of guanidine groups is 1. The van der Waals surface area contributed by atoms with E-state index in [-0.39, 0.29) is 41.8 Å². The molecular formula is C17H24ClFIN3O. The van der Waals surface area contributed by atoms with Crippen LogP contribution in [0.5, 0.6) is 0 Å². The smallest absolute Gasteiger partial charge is 0.193 e. The number of ether oxygens (including phenoxy) is 1. The highest BCUT2D eigenvalue weighted by atomic mass is 127. The van der Waals surface area contributed by atoms with Crippen LogP contribution >= 0.6 is 35.6 Å². The predicted octanol–water partition coefficient (Wildman–Crippen LogP) is 3.50. The number of rotatable bonds is 4. The normalized spacial score (nSPS) is 26.0. The fourth-order valence-corrected chi connectivity index (χ4v) is 3.55. The van der Waals surface area contributed by atoms with Crippen LogP contribution < -0.4 is 5.32 Å². The number of aliphatic imine (C=N–C) groups is 1. The topological polar surface area (TPSA) is 36.9 Å². The van der Waals surface area contributed by atoms with Crippen molar-refractivity contribution in [2.45, 2.75) is 24.8 Å². The van der Waals surface area contributed by atoms with E-state index in [0.29, 0.717) is 16.5 Å². The number of benzene rings is 1. The summed E-state index contributed by atoms with van der Waals surface area (Å²) in [4.78, 5) is 6.47. The molecule has 3 unspecified atom stereocenters. The lowest BCUT2D eigenvalue weighted by Gasteiger charge is -2.24. The van der Waals surface area contributed by atoms with Crippen LogP contribution in [-0.4, -0.2) is 50.8 Å². The van der Waals surface area contributed by atoms with E-state index in [9.17, 15) is 4.39 Å². The van der Waals surface area contributed by atoms with Gasteiger partial charge in [-0.25, -0.2) is 4.39 Å². The van der Waals surface area contributed by atoms with Crippen LogP contribution in [0, 0.1) is 11.7 Å². The van der Waals surface area contributed by atoms with Crippen molar-refractivity contribution in [2.75, 3.05) is 33.9 Å². The van der Waals surface area contributed by atoms with Crippen molar-refractivity contribution in [3.63, 3.8) is 0 Å². The van der Waals surface area contributed by atoms with Gasteiger partial charge in [-0.05, 0) is 25.0 Å². The molecular weight excluding hydrogens is 444 g/mol. The van der Waals surface area contributed by atoms with Crippen molar-refractivity contribution < 1.29 is 9.13 Å². The second-order valence-electron chi connectivity index (χ2n) is 6.39. The van der Waals surface area contributed by atoms with Crippen molar-refractivity contribution >= 4 is 41.5 Å². The monoisotopic (exact) mass is 467 g/mol. The van der Waals surface area contributed by atoms with Crippen molar-refractivity contribution in [2.24, 2.45) is 10.9 Å². The molecule has 0 amide bonds. The molecule has 2 aliphatic rings. The van der Waals surface area contributed by atoms with Crippen molar-refractivity contribution in [3.05, 3.63) is 34.6 Å². The fourth-order valence-electron chi connectivity index (χ4n) is 3.25. The molecule has 134 valence electrons. The Labute approximate surface area is 164 Å². The summed E-state index contributed by atoms with van der Waals surface area (Å²) < 4.78 is 19.4. The molecule has 7 heteroatoms. The molecule has 1 aromatic rings. The standard InChI is InChI=1S/C17H23ClFN3O.HI/c1-20-17(22(2)9-11-6-7-23-10-11)21-15-8-12(15)16-13(18)4-3-5-14(16)19;/h3-5,11-12,15H,6-10H2,1-2H3,(H,20,21);1H. The molecule has 1 aliphatic carbocycles. The average molecular weight is 468 g/mol. The molecule has 1 saturated carbocycles. The minimum Gasteiger partial charge on any atom is -0.381 e. The highest BCUT2D eigenvalue weighted by molar-refractivity contribution is 14.0. The minimum absolute atomic E-state index is 0. The van der Waals surface area contributed by atoms with Gasteiger partial charge in [-0.1, -0.05) is 17.7 Å². The predicted molar refractivity (Wildman–Crippen MR) is 106 cm³/mol. The van der Waals surface area contributed by atoms with Gasteiger partial charge in [0.1, 0.15) is 5.82 Å². The van der Waals surface area contributed by atoms with Crippen LogP contribution in [0.1, 0.15) is 24.3 Å². The summed E-state index contributed by atoms with van der Waals surface area (Å²) in [6, 6.07) is 5.04. The highest BCUT2D eigenvalue weighted by Crippen LogP contribution is 2.44. The first-order chi connectivity index (χ1) is 11.1. The van der Waals surface area contributed by atoms with Crippen LogP contribution in [0.2, 0.25) is 5.02 Å². The highest BCUT2D eigenvalue weighted by Gasteiger charge is 2.42. The Morgan fingerprint density at radius 1 is 1.50 bits per heavy atom. The molecule has 1 saturated heterocycles. The zero-order chi connectivity index (χ0) is 16.4. The number of hydrogen-bond donors (Lipinski definition) is 1. The van der Waals surface area contributed by atoms with Crippen LogP contribution in [0.4, 0.5) is 4.39 Å². The molecule has 2 fully saturated rings. The molecule has 3 rings (SSSR count). The summed E-state index contributed by atoms with van der Waals surface area (Å²) in [5.74, 6) is 1.29. The van der Waals surface area contributed by atoms with Gasteiger partial charge in [0.15, 0.2) is 5.96 Å². The van der Waals surface area contributed by atoms with Crippen LogP contribution in [0.3, 0.4) is 0 Å². The fraction of sp³-hybridized carbons (Fsp3) is 0.588. The lowest BCUT2D eigenvalue weighted by Crippen LogP contribution is -2.42. The van der Waals surface area contributed by atoms with Crippen LogP contribution in [-0.2, 0) is 4.74 Å². The molecule has 0 bridgehead atoms. The Morgan fingerprint density at radius 3 is 2.92 bits per heavy atom. The Hall–Kier alpha value is -0.600. The van der Waals surface area contributed by atoms with E-state index in [1.54, 1.807) is 19.2 Å². The molecule has 1 aromatic carbocycles. The maximum Gasteiger partial charge on any atom is 0.193 e. The van der Waals surface area contributed by atoms with Gasteiger partial charge in [0.25, 0.3) is 0 Å². The first kappa shape index (κ1) is 19.7. The summed E-state index contributed by atoms with van der Waals surface area (Å²) in [5.41, 5.74) is 0.619. The minimum atomic E-state index is -0.224. The van der Waals surface area contributed by atoms with E-state index in [4.69, 9.17) is 16.3 Å². The SMILES string of the molecule is CN=C(NC1CC1c1c(F)cccc1Cl)N(C)CC1CCOC1.I. The Morgan fingerprint density at radius 2 is 2.29 bits per heavy atom. The molecule has 24 heavy (non-hydrogen) atoms. The van der Waals surface area contributed by atoms with Gasteiger partial charge in [-0.15, -0.1) is 24.0 Å². The maximum absolute atomic E-state index is 14.0. The second-order valence-corrected chi connectivity index (χ2v) is 6.79. The van der Waals surface area contributed by atoms with Crippen LogP contribution in [0.25, 0.3) is 0 Å². The zero-order valence-corrected chi connectivity index (χ0v) is 17.1. The van der Waals surface area contributed by atoms with Gasteiger partial charge < -0.3 is 15.0 Å². The molecule has 0 radical (unpaired) electrons. The third kappa shape index (κ3) is 4.52. The first-order valence-corrected chi connectivity index (χ1v) is 8.44. The first-order valence-electron chi connectivity index (χ1n) is 8.06. The summed E-state index contributed by atoms with van der Waals surface area (Å²) in [6.45, 7) is 2.58. The Kier molecular flexibility index (Phi) is 7.12. The number of nitrogens with zero attached hydrogens (tertiary/aromatic N) is 2. The lowest BCUT2D eigenvalue weighted by molar-refractivity contribution is 0.181. The summed E-state index contributed by atoms with van der Waals surface area (Å²) in [7, 11) is 3.80. The van der Waals surface area contributed by atoms with E-state index in [1.165, 1.54) is 6.07 Å². The van der Waals surface area contributed by atoms with E-state index >= 15 is 0 Å². The summed E-state index contributed by atoms with van der Waals surface area (Å²) in [6.07, 6.45) is 1.97. The van der Waals surface area contributed by atoms with E-state index in [2.05, 4.69) is 15.2 Å². The van der Waals surface area contributed by atoms with E-state index in [0.717, 1.165) is 38.6 Å². The van der Waals surface area contributed by atoms with Crippen molar-refractivity contribution in [1.82, 2.24) is 10.2 Å². The molecule has 1 heterocycles. The number of halogens is 3. The summed E-state index contributed by atoms with van der Waals surface area (Å²) >= 11 is 6.15. The Balaban J connectivity index is 0.00000208. The maximum atomic E-state index is 14.0. The van der Waals surface area contributed by atoms with Crippen molar-refractivity contribution in [3.8, 4) is 0 Å². The van der Waals surface area contributed by atoms with Crippen LogP contribution in [0.15, 0.2) is 23.2 Å². The third-order valence-corrected chi connectivity index (χ3v) is 4.93. The van der Waals surface area contributed by atoms with Gasteiger partial charge >= 0.3 is 0 Å². The molecule has 4 nitrogen and oxygen atoms in total. The average Bonchev–Trinajstić information content (AvgIpc) is 3.06. The van der Waals surface area contributed by atoms with Gasteiger partial charge in [0.05, 0.1) is 6.61 Å². The third-order valence-electron chi connectivity index (χ3n) is 4.60. The largest absolute Gasteiger partial charge is 0.381 e. The molecule has 1 aliphatic heterocycles. The Bertz CT molecular complexity index is 575. The molecule has 0 aromatic heterocycles. The number of nitrogens with one attached hydrogen (secondary N) is 1. The van der Waals surface area contributed by atoms with Gasteiger partial charge in [-0.2, -0.15) is 0 Å². The quantitative estimate of drug-likeness (QED) is 0.418. The van der Waals surface area contributed by atoms with Crippen molar-refractivity contribution in [1.29, 1.82) is 0 Å². The summed E-state index contributed by atoms with van der Waals surface area (Å²) in [5, 5.41) is 3.93. The zero-order valence-electron chi connectivity index (χ0n) is 14.0. The molecule has 1 N–H and O–H groups in total.